The Morgan fingerprint density at radius 3 is 2.56 bits per heavy atom. The molecule has 0 saturated heterocycles. The van der Waals surface area contributed by atoms with Crippen molar-refractivity contribution < 1.29 is 4.79 Å². The highest BCUT2D eigenvalue weighted by Gasteiger charge is 2.49. The van der Waals surface area contributed by atoms with Gasteiger partial charge in [-0.2, -0.15) is 0 Å². The van der Waals surface area contributed by atoms with E-state index in [2.05, 4.69) is 27.7 Å². The average molecular weight is 220 g/mol. The molecule has 2 rings (SSSR count). The van der Waals surface area contributed by atoms with Gasteiger partial charge in [0.15, 0.2) is 0 Å². The number of aldehydes is 1. The molecule has 0 radical (unpaired) electrons. The minimum absolute atomic E-state index is 0.159. The summed E-state index contributed by atoms with van der Waals surface area (Å²) in [6.45, 7) is 9.24. The molecule has 1 nitrogen and oxygen atoms in total. The van der Waals surface area contributed by atoms with Crippen LogP contribution in [-0.2, 0) is 4.79 Å². The monoisotopic (exact) mass is 220 g/mol. The number of carbonyl (C=O) groups excluding carboxylic acids is 1. The normalized spacial score (nSPS) is 38.1. The predicted molar refractivity (Wildman–Crippen MR) is 67.2 cm³/mol. The molecule has 90 valence electrons. The maximum Gasteiger partial charge on any atom is 0.146 e. The van der Waals surface area contributed by atoms with Gasteiger partial charge in [-0.1, -0.05) is 32.8 Å². The molecule has 0 aliphatic heterocycles. The molecule has 2 aliphatic carbocycles. The topological polar surface area (TPSA) is 17.1 Å². The van der Waals surface area contributed by atoms with Crippen LogP contribution in [0.15, 0.2) is 11.1 Å². The minimum Gasteiger partial charge on any atom is -0.298 e. The first-order chi connectivity index (χ1) is 7.42. The largest absolute Gasteiger partial charge is 0.298 e. The molecule has 1 heteroatoms. The summed E-state index contributed by atoms with van der Waals surface area (Å²) in [4.78, 5) is 11.4. The molecule has 0 amide bonds. The van der Waals surface area contributed by atoms with E-state index in [1.807, 2.05) is 0 Å². The van der Waals surface area contributed by atoms with E-state index >= 15 is 0 Å². The van der Waals surface area contributed by atoms with Gasteiger partial charge in [0.1, 0.15) is 6.29 Å². The molecule has 0 N–H and O–H groups in total. The van der Waals surface area contributed by atoms with Crippen LogP contribution in [0.1, 0.15) is 59.8 Å². The fourth-order valence-corrected chi connectivity index (χ4v) is 4.37. The third-order valence-corrected chi connectivity index (χ3v) is 5.23. The van der Waals surface area contributed by atoms with Crippen molar-refractivity contribution >= 4 is 6.29 Å². The summed E-state index contributed by atoms with van der Waals surface area (Å²) < 4.78 is 0. The summed E-state index contributed by atoms with van der Waals surface area (Å²) in [5.74, 6) is 0.692. The van der Waals surface area contributed by atoms with Crippen molar-refractivity contribution in [3.63, 3.8) is 0 Å². The first-order valence-corrected chi connectivity index (χ1v) is 6.57. The van der Waals surface area contributed by atoms with Gasteiger partial charge in [0.05, 0.1) is 0 Å². The lowest BCUT2D eigenvalue weighted by Gasteiger charge is -2.54. The minimum atomic E-state index is 0.159. The van der Waals surface area contributed by atoms with Gasteiger partial charge in [-0.05, 0) is 54.9 Å². The summed E-state index contributed by atoms with van der Waals surface area (Å²) in [5.41, 5.74) is 3.02. The Bertz CT molecular complexity index is 337. The number of allylic oxidation sites excluding steroid dienone is 2. The quantitative estimate of drug-likeness (QED) is 0.607. The zero-order valence-electron chi connectivity index (χ0n) is 11.1. The maximum atomic E-state index is 11.4. The second kappa shape index (κ2) is 3.72. The Balaban J connectivity index is 2.46. The predicted octanol–water partition coefficient (Wildman–Crippen LogP) is 4.13. The highest BCUT2D eigenvalue weighted by Crippen LogP contribution is 2.58. The van der Waals surface area contributed by atoms with Crippen LogP contribution < -0.4 is 0 Å². The van der Waals surface area contributed by atoms with Gasteiger partial charge in [-0.25, -0.2) is 0 Å². The molecule has 0 heterocycles. The molecule has 0 aromatic carbocycles. The van der Waals surface area contributed by atoms with Gasteiger partial charge < -0.3 is 0 Å². The summed E-state index contributed by atoms with van der Waals surface area (Å²) in [7, 11) is 0. The van der Waals surface area contributed by atoms with E-state index < -0.39 is 0 Å². The Hall–Kier alpha value is -0.590. The van der Waals surface area contributed by atoms with Crippen molar-refractivity contribution in [3.05, 3.63) is 11.1 Å². The fraction of sp³-hybridized carbons (Fsp3) is 0.800. The van der Waals surface area contributed by atoms with Crippen LogP contribution >= 0.6 is 0 Å². The van der Waals surface area contributed by atoms with E-state index in [4.69, 9.17) is 0 Å². The molecular formula is C15H24O. The SMILES string of the molecule is CC1=C(C=O)C2(C)CCCC(C)(C)C2CC1. The Morgan fingerprint density at radius 2 is 1.94 bits per heavy atom. The first kappa shape index (κ1) is 11.9. The van der Waals surface area contributed by atoms with Crippen molar-refractivity contribution in [2.75, 3.05) is 0 Å². The van der Waals surface area contributed by atoms with Crippen LogP contribution in [0, 0.1) is 16.7 Å². The van der Waals surface area contributed by atoms with E-state index in [0.29, 0.717) is 11.3 Å². The van der Waals surface area contributed by atoms with E-state index in [9.17, 15) is 4.79 Å². The molecule has 16 heavy (non-hydrogen) atoms. The number of hydrogen-bond acceptors (Lipinski definition) is 1. The van der Waals surface area contributed by atoms with Crippen molar-refractivity contribution in [3.8, 4) is 0 Å². The van der Waals surface area contributed by atoms with Crippen molar-refractivity contribution in [2.45, 2.75) is 59.8 Å². The smallest absolute Gasteiger partial charge is 0.146 e. The maximum absolute atomic E-state index is 11.4. The molecular weight excluding hydrogens is 196 g/mol. The van der Waals surface area contributed by atoms with Gasteiger partial charge in [0.25, 0.3) is 0 Å². The van der Waals surface area contributed by atoms with Crippen LogP contribution in [0.4, 0.5) is 0 Å². The summed E-state index contributed by atoms with van der Waals surface area (Å²) in [5, 5.41) is 0. The second-order valence-electron chi connectivity index (χ2n) is 6.66. The van der Waals surface area contributed by atoms with E-state index in [-0.39, 0.29) is 5.41 Å². The Kier molecular flexibility index (Phi) is 2.76. The molecule has 2 atom stereocenters. The summed E-state index contributed by atoms with van der Waals surface area (Å²) in [6, 6.07) is 0. The summed E-state index contributed by atoms with van der Waals surface area (Å²) in [6.07, 6.45) is 7.32. The Labute approximate surface area is 99.3 Å². The van der Waals surface area contributed by atoms with Crippen molar-refractivity contribution in [1.82, 2.24) is 0 Å². The highest BCUT2D eigenvalue weighted by atomic mass is 16.1. The third kappa shape index (κ3) is 1.56. The molecule has 1 fully saturated rings. The molecule has 0 aromatic rings. The van der Waals surface area contributed by atoms with Crippen molar-refractivity contribution in [1.29, 1.82) is 0 Å². The van der Waals surface area contributed by atoms with Crippen LogP contribution in [0.25, 0.3) is 0 Å². The molecule has 0 bridgehead atoms. The Morgan fingerprint density at radius 1 is 1.25 bits per heavy atom. The van der Waals surface area contributed by atoms with Crippen LogP contribution in [0.3, 0.4) is 0 Å². The first-order valence-electron chi connectivity index (χ1n) is 6.57. The number of hydrogen-bond donors (Lipinski definition) is 0. The van der Waals surface area contributed by atoms with E-state index in [1.54, 1.807) is 0 Å². The van der Waals surface area contributed by atoms with Crippen molar-refractivity contribution in [2.24, 2.45) is 16.7 Å². The standard InChI is InChI=1S/C15H24O/c1-11-6-7-13-14(2,3)8-5-9-15(13,4)12(11)10-16/h10,13H,5-9H2,1-4H3. The molecule has 2 aliphatic rings. The van der Waals surface area contributed by atoms with Gasteiger partial charge in [-0.15, -0.1) is 0 Å². The highest BCUT2D eigenvalue weighted by molar-refractivity contribution is 5.77. The summed E-state index contributed by atoms with van der Waals surface area (Å²) >= 11 is 0. The van der Waals surface area contributed by atoms with E-state index in [1.165, 1.54) is 31.3 Å². The van der Waals surface area contributed by atoms with Crippen LogP contribution in [-0.4, -0.2) is 6.29 Å². The van der Waals surface area contributed by atoms with Crippen LogP contribution in [0.5, 0.6) is 0 Å². The number of rotatable bonds is 1. The lowest BCUT2D eigenvalue weighted by Crippen LogP contribution is -2.45. The molecule has 0 spiro atoms. The third-order valence-electron chi connectivity index (χ3n) is 5.23. The van der Waals surface area contributed by atoms with Gasteiger partial charge >= 0.3 is 0 Å². The van der Waals surface area contributed by atoms with Gasteiger partial charge in [0, 0.05) is 0 Å². The second-order valence-corrected chi connectivity index (χ2v) is 6.66. The average Bonchev–Trinajstić information content (AvgIpc) is 2.15. The zero-order chi connectivity index (χ0) is 12.0. The molecule has 1 saturated carbocycles. The molecule has 0 aromatic heterocycles. The van der Waals surface area contributed by atoms with Crippen LogP contribution in [0.2, 0.25) is 0 Å². The number of fused-ring (bicyclic) bond motifs is 1. The molecule has 2 unspecified atom stereocenters. The van der Waals surface area contributed by atoms with E-state index in [0.717, 1.165) is 18.3 Å². The van der Waals surface area contributed by atoms with Gasteiger partial charge in [0.2, 0.25) is 0 Å². The van der Waals surface area contributed by atoms with Gasteiger partial charge in [-0.3, -0.25) is 4.79 Å². The lowest BCUT2D eigenvalue weighted by molar-refractivity contribution is -0.107. The lowest BCUT2D eigenvalue weighted by atomic mass is 9.50. The fourth-order valence-electron chi connectivity index (χ4n) is 4.37. The number of carbonyl (C=O) groups is 1. The zero-order valence-corrected chi connectivity index (χ0v) is 11.1.